The number of hydrogen-bond donors (Lipinski definition) is 0. The minimum atomic E-state index is -0.686. The maximum atomic E-state index is 13.7. The third kappa shape index (κ3) is 8.94. The molecule has 0 aliphatic heterocycles. The highest BCUT2D eigenvalue weighted by molar-refractivity contribution is 6.30. The Bertz CT molecular complexity index is 1090. The average Bonchev–Trinajstić information content (AvgIpc) is 2.94. The molecule has 0 heterocycles. The van der Waals surface area contributed by atoms with Gasteiger partial charge in [-0.2, -0.15) is 0 Å². The van der Waals surface area contributed by atoms with Crippen LogP contribution in [0.15, 0.2) is 60.7 Å². The summed E-state index contributed by atoms with van der Waals surface area (Å²) >= 11 is 5.58. The molecule has 0 radical (unpaired) electrons. The molecule has 1 saturated carbocycles. The van der Waals surface area contributed by atoms with Gasteiger partial charge in [0.25, 0.3) is 0 Å². The van der Waals surface area contributed by atoms with Gasteiger partial charge in [0.2, 0.25) is 0 Å². The third-order valence-electron chi connectivity index (χ3n) is 8.51. The molecule has 0 N–H and O–H groups in total. The molecule has 0 spiro atoms. The standard InChI is InChI=1S/C35H43ClF2/c1-2-3-4-5-26-6-8-27(9-7-26)10-11-28-12-14-29(15-13-28)16-17-30-18-20-31(21-19-30)22-23-32-24-33(37)35(36)34(38)25-32/h6-9,18-21,24-25,28-29H,2-5,10-17,22-23H2,1H3. The Labute approximate surface area is 233 Å². The molecule has 3 aromatic carbocycles. The van der Waals surface area contributed by atoms with Crippen molar-refractivity contribution in [2.45, 2.75) is 96.8 Å². The molecule has 0 bridgehead atoms. The van der Waals surface area contributed by atoms with Gasteiger partial charge in [-0.3, -0.25) is 0 Å². The largest absolute Gasteiger partial charge is 0.205 e. The summed E-state index contributed by atoms with van der Waals surface area (Å²) in [7, 11) is 0. The first kappa shape index (κ1) is 28.8. The Morgan fingerprint density at radius 2 is 0.974 bits per heavy atom. The summed E-state index contributed by atoms with van der Waals surface area (Å²) in [5.74, 6) is 0.364. The summed E-state index contributed by atoms with van der Waals surface area (Å²) in [6.45, 7) is 2.26. The van der Waals surface area contributed by atoms with Crippen LogP contribution in [0.3, 0.4) is 0 Å². The van der Waals surface area contributed by atoms with Crippen molar-refractivity contribution < 1.29 is 8.78 Å². The van der Waals surface area contributed by atoms with Gasteiger partial charge in [0, 0.05) is 0 Å². The van der Waals surface area contributed by atoms with Crippen molar-refractivity contribution in [1.29, 1.82) is 0 Å². The number of halogens is 3. The van der Waals surface area contributed by atoms with Crippen molar-refractivity contribution in [2.75, 3.05) is 0 Å². The predicted molar refractivity (Wildman–Crippen MR) is 157 cm³/mol. The van der Waals surface area contributed by atoms with E-state index < -0.39 is 16.7 Å². The number of rotatable bonds is 13. The van der Waals surface area contributed by atoms with E-state index in [0.29, 0.717) is 12.0 Å². The number of hydrogen-bond acceptors (Lipinski definition) is 0. The van der Waals surface area contributed by atoms with Gasteiger partial charge in [-0.25, -0.2) is 8.78 Å². The summed E-state index contributed by atoms with van der Waals surface area (Å²) in [6.07, 6.45) is 17.0. The fourth-order valence-corrected chi connectivity index (χ4v) is 6.02. The lowest BCUT2D eigenvalue weighted by molar-refractivity contribution is 0.253. The van der Waals surface area contributed by atoms with Crippen LogP contribution in [0.4, 0.5) is 8.78 Å². The molecule has 0 unspecified atom stereocenters. The van der Waals surface area contributed by atoms with Crippen molar-refractivity contribution in [3.63, 3.8) is 0 Å². The molecule has 204 valence electrons. The van der Waals surface area contributed by atoms with Crippen LogP contribution < -0.4 is 0 Å². The highest BCUT2D eigenvalue weighted by Crippen LogP contribution is 2.34. The molecule has 0 atom stereocenters. The van der Waals surface area contributed by atoms with E-state index in [2.05, 4.69) is 55.5 Å². The maximum Gasteiger partial charge on any atom is 0.145 e. The Morgan fingerprint density at radius 3 is 1.42 bits per heavy atom. The quantitative estimate of drug-likeness (QED) is 0.150. The molecule has 4 rings (SSSR count). The predicted octanol–water partition coefficient (Wildman–Crippen LogP) is 10.5. The van der Waals surface area contributed by atoms with Gasteiger partial charge in [-0.15, -0.1) is 0 Å². The van der Waals surface area contributed by atoms with Gasteiger partial charge in [0.1, 0.15) is 16.7 Å². The third-order valence-corrected chi connectivity index (χ3v) is 8.87. The molecule has 0 saturated heterocycles. The number of benzene rings is 3. The second-order valence-corrected chi connectivity index (χ2v) is 11.8. The van der Waals surface area contributed by atoms with E-state index in [1.54, 1.807) is 0 Å². The van der Waals surface area contributed by atoms with E-state index in [1.807, 2.05) is 0 Å². The van der Waals surface area contributed by atoms with Crippen LogP contribution in [-0.2, 0) is 32.1 Å². The Kier molecular flexibility index (Phi) is 11.2. The van der Waals surface area contributed by atoms with Crippen molar-refractivity contribution in [1.82, 2.24) is 0 Å². The van der Waals surface area contributed by atoms with Crippen LogP contribution in [0.2, 0.25) is 5.02 Å². The first-order chi connectivity index (χ1) is 18.5. The second kappa shape index (κ2) is 14.8. The van der Waals surface area contributed by atoms with E-state index in [9.17, 15) is 8.78 Å². The summed E-state index contributed by atoms with van der Waals surface area (Å²) < 4.78 is 27.3. The van der Waals surface area contributed by atoms with Crippen molar-refractivity contribution in [3.05, 3.63) is 105 Å². The highest BCUT2D eigenvalue weighted by Gasteiger charge is 2.21. The van der Waals surface area contributed by atoms with Crippen molar-refractivity contribution in [2.24, 2.45) is 11.8 Å². The molecular formula is C35H43ClF2. The van der Waals surface area contributed by atoms with E-state index >= 15 is 0 Å². The van der Waals surface area contributed by atoms with Gasteiger partial charge in [-0.05, 0) is 103 Å². The molecule has 0 amide bonds. The van der Waals surface area contributed by atoms with Crippen LogP contribution in [-0.4, -0.2) is 0 Å². The summed E-state index contributed by atoms with van der Waals surface area (Å²) in [5, 5.41) is -0.426. The molecule has 3 heteroatoms. The summed E-state index contributed by atoms with van der Waals surface area (Å²) in [5.41, 5.74) is 6.21. The molecule has 1 aliphatic carbocycles. The minimum absolute atomic E-state index is 0.426. The summed E-state index contributed by atoms with van der Waals surface area (Å²) in [4.78, 5) is 0. The monoisotopic (exact) mass is 536 g/mol. The van der Waals surface area contributed by atoms with E-state index in [0.717, 1.165) is 24.7 Å². The lowest BCUT2D eigenvalue weighted by atomic mass is 9.77. The first-order valence-corrected chi connectivity index (χ1v) is 15.2. The fourth-order valence-electron chi connectivity index (χ4n) is 5.92. The van der Waals surface area contributed by atoms with E-state index in [-0.39, 0.29) is 0 Å². The molecule has 3 aromatic rings. The molecular weight excluding hydrogens is 494 g/mol. The number of aryl methyl sites for hydroxylation is 5. The molecule has 1 fully saturated rings. The Hall–Kier alpha value is -2.19. The van der Waals surface area contributed by atoms with Gasteiger partial charge in [-0.1, -0.05) is 106 Å². The van der Waals surface area contributed by atoms with E-state index in [1.165, 1.54) is 105 Å². The first-order valence-electron chi connectivity index (χ1n) is 14.8. The average molecular weight is 537 g/mol. The van der Waals surface area contributed by atoms with E-state index in [4.69, 9.17) is 11.6 Å². The number of unbranched alkanes of at least 4 members (excludes halogenated alkanes) is 2. The minimum Gasteiger partial charge on any atom is -0.205 e. The lowest BCUT2D eigenvalue weighted by Gasteiger charge is -2.28. The molecule has 1 aliphatic rings. The SMILES string of the molecule is CCCCCc1ccc(CCC2CCC(CCc3ccc(CCc4cc(F)c(Cl)c(F)c4)cc3)CC2)cc1. The van der Waals surface area contributed by atoms with Crippen molar-refractivity contribution >= 4 is 11.6 Å². The van der Waals surface area contributed by atoms with Crippen molar-refractivity contribution in [3.8, 4) is 0 Å². The fraction of sp³-hybridized carbons (Fsp3) is 0.486. The van der Waals surface area contributed by atoms with Gasteiger partial charge < -0.3 is 0 Å². The van der Waals surface area contributed by atoms with Gasteiger partial charge in [0.05, 0.1) is 0 Å². The maximum absolute atomic E-state index is 13.7. The molecule has 0 nitrogen and oxygen atoms in total. The van der Waals surface area contributed by atoms with Gasteiger partial charge >= 0.3 is 0 Å². The molecule has 0 aromatic heterocycles. The molecule has 38 heavy (non-hydrogen) atoms. The lowest BCUT2D eigenvalue weighted by Crippen LogP contribution is -2.15. The summed E-state index contributed by atoms with van der Waals surface area (Å²) in [6, 6.07) is 20.8. The van der Waals surface area contributed by atoms with Crippen LogP contribution in [0.25, 0.3) is 0 Å². The second-order valence-electron chi connectivity index (χ2n) is 11.4. The van der Waals surface area contributed by atoms with Crippen LogP contribution >= 0.6 is 11.6 Å². The topological polar surface area (TPSA) is 0 Å². The zero-order chi connectivity index (χ0) is 26.7. The van der Waals surface area contributed by atoms with Gasteiger partial charge in [0.15, 0.2) is 0 Å². The zero-order valence-electron chi connectivity index (χ0n) is 23.0. The van der Waals surface area contributed by atoms with Crippen LogP contribution in [0.5, 0.6) is 0 Å². The Balaban J connectivity index is 1.12. The Morgan fingerprint density at radius 1 is 0.579 bits per heavy atom. The zero-order valence-corrected chi connectivity index (χ0v) is 23.7. The highest BCUT2D eigenvalue weighted by atomic mass is 35.5. The van der Waals surface area contributed by atoms with Crippen LogP contribution in [0, 0.1) is 23.5 Å². The van der Waals surface area contributed by atoms with Crippen LogP contribution in [0.1, 0.15) is 92.5 Å². The smallest absolute Gasteiger partial charge is 0.145 e. The normalized spacial score (nSPS) is 17.6.